The first-order chi connectivity index (χ1) is 24.6. The van der Waals surface area contributed by atoms with Gasteiger partial charge in [0, 0.05) is 55.7 Å². The number of ketones is 1. The molecule has 0 spiro atoms. The summed E-state index contributed by atoms with van der Waals surface area (Å²) in [5.74, 6) is 18.3. The average Bonchev–Trinajstić information content (AvgIpc) is 3.49. The summed E-state index contributed by atoms with van der Waals surface area (Å²) < 4.78 is 0. The molecule has 0 atom stereocenters. The molecule has 1 nitrogen and oxygen atoms in total. The maximum absolute atomic E-state index is 14.9. The third-order valence-corrected chi connectivity index (χ3v) is 8.48. The van der Waals surface area contributed by atoms with Gasteiger partial charge in [-0.15, -0.1) is 12.8 Å². The fraction of sp³-hybridized carbons (Fsp3) is 0. The molecule has 1 aliphatic rings. The van der Waals surface area contributed by atoms with Crippen LogP contribution >= 0.6 is 0 Å². The van der Waals surface area contributed by atoms with E-state index < -0.39 is 0 Å². The summed E-state index contributed by atoms with van der Waals surface area (Å²) in [6, 6.07) is 51.1. The van der Waals surface area contributed by atoms with Crippen LogP contribution in [0, 0.1) is 48.4 Å². The Bertz CT molecular complexity index is 2310. The van der Waals surface area contributed by atoms with Gasteiger partial charge in [0.25, 0.3) is 0 Å². The van der Waals surface area contributed by atoms with Crippen LogP contribution in [0.5, 0.6) is 0 Å². The first-order valence-electron chi connectivity index (χ1n) is 16.1. The monoisotopic (exact) mass is 632 g/mol. The molecule has 0 aliphatic heterocycles. The Labute approximate surface area is 293 Å². The average molecular weight is 633 g/mol. The number of carbonyl (C=O) groups is 1. The van der Waals surface area contributed by atoms with Crippen LogP contribution in [0.1, 0.15) is 55.6 Å². The molecule has 0 fully saturated rings. The van der Waals surface area contributed by atoms with Gasteiger partial charge in [-0.1, -0.05) is 120 Å². The predicted octanol–water partition coefficient (Wildman–Crippen LogP) is 9.55. The van der Waals surface area contributed by atoms with Crippen LogP contribution in [0.15, 0.2) is 158 Å². The zero-order valence-corrected chi connectivity index (χ0v) is 27.1. The number of Topliss-reactive ketones (excluding diaryl/α,β-unsaturated/α-hetero) is 1. The molecule has 0 amide bonds. The minimum absolute atomic E-state index is 0.0664. The molecule has 0 aromatic heterocycles. The van der Waals surface area contributed by atoms with Gasteiger partial charge in [-0.3, -0.25) is 4.79 Å². The summed E-state index contributed by atoms with van der Waals surface area (Å²) in [7, 11) is 0. The zero-order chi connectivity index (χ0) is 34.3. The lowest BCUT2D eigenvalue weighted by Crippen LogP contribution is -2.02. The SMILES string of the molecule is C#Cc1ccc(C2=C(c3ccc(C#Cc4ccccc4)cc3)C(=O)C(c3ccc(C#Cc4ccccc4)cc3)=C2c2ccc(C#C)cc2)cc1. The van der Waals surface area contributed by atoms with Crippen LogP contribution in [-0.4, -0.2) is 5.78 Å². The molecule has 0 unspecified atom stereocenters. The number of rotatable bonds is 4. The molecule has 7 rings (SSSR count). The smallest absolute Gasteiger partial charge is 0.195 e. The summed E-state index contributed by atoms with van der Waals surface area (Å²) in [4.78, 5) is 14.9. The number of terminal acetylenes is 2. The van der Waals surface area contributed by atoms with Crippen molar-refractivity contribution in [3.05, 3.63) is 213 Å². The van der Waals surface area contributed by atoms with Gasteiger partial charge in [-0.25, -0.2) is 0 Å². The molecule has 230 valence electrons. The second kappa shape index (κ2) is 14.2. The highest BCUT2D eigenvalue weighted by Gasteiger charge is 2.35. The van der Waals surface area contributed by atoms with Crippen LogP contribution in [0.4, 0.5) is 0 Å². The van der Waals surface area contributed by atoms with E-state index in [0.717, 1.165) is 66.8 Å². The fourth-order valence-electron chi connectivity index (χ4n) is 5.97. The van der Waals surface area contributed by atoms with Crippen molar-refractivity contribution in [3.8, 4) is 48.4 Å². The molecule has 0 N–H and O–H groups in total. The second-order valence-electron chi connectivity index (χ2n) is 11.7. The zero-order valence-electron chi connectivity index (χ0n) is 27.1. The van der Waals surface area contributed by atoms with Gasteiger partial charge < -0.3 is 0 Å². The first kappa shape index (κ1) is 31.3. The Morgan fingerprint density at radius 3 is 0.860 bits per heavy atom. The first-order valence-corrected chi connectivity index (χ1v) is 16.1. The van der Waals surface area contributed by atoms with Crippen molar-refractivity contribution in [3.63, 3.8) is 0 Å². The van der Waals surface area contributed by atoms with Gasteiger partial charge in [0.15, 0.2) is 5.78 Å². The van der Waals surface area contributed by atoms with Crippen LogP contribution < -0.4 is 0 Å². The van der Waals surface area contributed by atoms with Crippen molar-refractivity contribution in [1.82, 2.24) is 0 Å². The molecule has 1 aliphatic carbocycles. The number of hydrogen-bond donors (Lipinski definition) is 0. The van der Waals surface area contributed by atoms with E-state index >= 15 is 0 Å². The van der Waals surface area contributed by atoms with Gasteiger partial charge in [0.2, 0.25) is 0 Å². The highest BCUT2D eigenvalue weighted by molar-refractivity contribution is 6.59. The topological polar surface area (TPSA) is 17.1 Å². The third-order valence-electron chi connectivity index (χ3n) is 8.48. The van der Waals surface area contributed by atoms with E-state index in [-0.39, 0.29) is 5.78 Å². The van der Waals surface area contributed by atoms with E-state index in [1.54, 1.807) is 0 Å². The highest BCUT2D eigenvalue weighted by atomic mass is 16.1. The van der Waals surface area contributed by atoms with Gasteiger partial charge in [-0.05, 0) is 95.1 Å². The molecule has 0 saturated heterocycles. The molecule has 6 aromatic rings. The van der Waals surface area contributed by atoms with Crippen molar-refractivity contribution >= 4 is 28.1 Å². The third kappa shape index (κ3) is 6.59. The lowest BCUT2D eigenvalue weighted by atomic mass is 9.88. The van der Waals surface area contributed by atoms with Gasteiger partial charge >= 0.3 is 0 Å². The van der Waals surface area contributed by atoms with Crippen LogP contribution in [0.2, 0.25) is 0 Å². The molecule has 0 bridgehead atoms. The number of benzene rings is 6. The standard InChI is InChI=1S/C49H28O/c1-3-35-19-27-41(28-20-35)45-46(42-29-21-36(4-2)22-30-42)48(44-33-25-40(26-34-44)18-16-38-13-9-6-10-14-38)49(50)47(45)43-31-23-39(24-32-43)17-15-37-11-7-5-8-12-37/h1-2,5-14,19-34H. The van der Waals surface area contributed by atoms with E-state index in [0.29, 0.717) is 11.1 Å². The quantitative estimate of drug-likeness (QED) is 0.177. The Balaban J connectivity index is 1.38. The number of hydrogen-bond acceptors (Lipinski definition) is 1. The van der Waals surface area contributed by atoms with Crippen molar-refractivity contribution in [1.29, 1.82) is 0 Å². The van der Waals surface area contributed by atoms with E-state index in [2.05, 4.69) is 35.5 Å². The molecule has 6 aromatic carbocycles. The van der Waals surface area contributed by atoms with Crippen LogP contribution in [-0.2, 0) is 4.79 Å². The molecular weight excluding hydrogens is 605 g/mol. The van der Waals surface area contributed by atoms with Crippen molar-refractivity contribution < 1.29 is 4.79 Å². The van der Waals surface area contributed by atoms with Crippen LogP contribution in [0.3, 0.4) is 0 Å². The van der Waals surface area contributed by atoms with Crippen molar-refractivity contribution in [2.75, 3.05) is 0 Å². The summed E-state index contributed by atoms with van der Waals surface area (Å²) in [6.45, 7) is 0. The minimum Gasteiger partial charge on any atom is -0.289 e. The molecule has 50 heavy (non-hydrogen) atoms. The Morgan fingerprint density at radius 2 is 0.560 bits per heavy atom. The molecular formula is C49H28O. The normalized spacial score (nSPS) is 11.9. The van der Waals surface area contributed by atoms with E-state index in [1.165, 1.54) is 0 Å². The Hall–Kier alpha value is -7.29. The maximum Gasteiger partial charge on any atom is 0.195 e. The molecule has 1 heteroatoms. The lowest BCUT2D eigenvalue weighted by molar-refractivity contribution is -0.108. The van der Waals surface area contributed by atoms with Gasteiger partial charge in [0.05, 0.1) is 0 Å². The highest BCUT2D eigenvalue weighted by Crippen LogP contribution is 2.49. The van der Waals surface area contributed by atoms with E-state index in [1.807, 2.05) is 158 Å². The Kier molecular flexibility index (Phi) is 8.91. The maximum atomic E-state index is 14.9. The van der Waals surface area contributed by atoms with Gasteiger partial charge in [-0.2, -0.15) is 0 Å². The molecule has 0 radical (unpaired) electrons. The fourth-order valence-corrected chi connectivity index (χ4v) is 5.97. The van der Waals surface area contributed by atoms with Crippen molar-refractivity contribution in [2.24, 2.45) is 0 Å². The summed E-state index contributed by atoms with van der Waals surface area (Å²) in [6.07, 6.45) is 11.4. The molecule has 0 saturated carbocycles. The predicted molar refractivity (Wildman–Crippen MR) is 205 cm³/mol. The van der Waals surface area contributed by atoms with E-state index in [4.69, 9.17) is 12.8 Å². The number of allylic oxidation sites excluding steroid dienone is 4. The summed E-state index contributed by atoms with van der Waals surface area (Å²) in [5.41, 5.74) is 11.4. The van der Waals surface area contributed by atoms with E-state index in [9.17, 15) is 4.79 Å². The lowest BCUT2D eigenvalue weighted by Gasteiger charge is -2.14. The summed E-state index contributed by atoms with van der Waals surface area (Å²) >= 11 is 0. The minimum atomic E-state index is -0.0664. The largest absolute Gasteiger partial charge is 0.289 e. The van der Waals surface area contributed by atoms with Gasteiger partial charge in [0.1, 0.15) is 0 Å². The Morgan fingerprint density at radius 1 is 0.300 bits per heavy atom. The van der Waals surface area contributed by atoms with Crippen LogP contribution in [0.25, 0.3) is 22.3 Å². The van der Waals surface area contributed by atoms with Crippen molar-refractivity contribution in [2.45, 2.75) is 0 Å². The summed E-state index contributed by atoms with van der Waals surface area (Å²) in [5, 5.41) is 0. The number of carbonyl (C=O) groups excluding carboxylic acids is 1. The second-order valence-corrected chi connectivity index (χ2v) is 11.7. The molecule has 0 heterocycles.